The minimum atomic E-state index is -0.124. The molecule has 1 saturated heterocycles. The predicted octanol–water partition coefficient (Wildman–Crippen LogP) is 2.66. The maximum absolute atomic E-state index is 12.7. The number of benzene rings is 1. The second-order valence-corrected chi connectivity index (χ2v) is 6.22. The normalized spacial score (nSPS) is 19.0. The smallest absolute Gasteiger partial charge is 0.229 e. The number of nitrogens with zero attached hydrogens (tertiary/aromatic N) is 3. The summed E-state index contributed by atoms with van der Waals surface area (Å²) in [6.07, 6.45) is 3.81. The Morgan fingerprint density at radius 1 is 1.35 bits per heavy atom. The molecule has 0 spiro atoms. The molecule has 1 aromatic carbocycles. The molecular weight excluding hydrogens is 377 g/mol. The second-order valence-electron chi connectivity index (χ2n) is 6.22. The van der Waals surface area contributed by atoms with Crippen LogP contribution in [-0.2, 0) is 11.8 Å². The molecule has 2 atom stereocenters. The monoisotopic (exact) mass is 397 g/mol. The SMILES string of the molecule is Cc1nc2ccc(NC(=O)[C@H]3CNC[C@@H]3c3cnn(C)c3)cc2o1.Cl.Cl. The first kappa shape index (κ1) is 20.2. The molecule has 0 saturated carbocycles. The Hall–Kier alpha value is -2.09. The summed E-state index contributed by atoms with van der Waals surface area (Å²) in [4.78, 5) is 17.0. The fraction of sp³-hybridized carbons (Fsp3) is 0.353. The quantitative estimate of drug-likeness (QED) is 0.709. The van der Waals surface area contributed by atoms with Crippen molar-refractivity contribution < 1.29 is 9.21 Å². The number of anilines is 1. The van der Waals surface area contributed by atoms with Gasteiger partial charge in [0.05, 0.1) is 12.1 Å². The van der Waals surface area contributed by atoms with Crippen LogP contribution in [-0.4, -0.2) is 33.8 Å². The maximum Gasteiger partial charge on any atom is 0.229 e. The number of carbonyl (C=O) groups excluding carboxylic acids is 1. The Morgan fingerprint density at radius 2 is 2.15 bits per heavy atom. The van der Waals surface area contributed by atoms with Gasteiger partial charge in [-0.2, -0.15) is 5.10 Å². The van der Waals surface area contributed by atoms with E-state index in [1.165, 1.54) is 0 Å². The van der Waals surface area contributed by atoms with Crippen LogP contribution in [0.4, 0.5) is 5.69 Å². The highest BCUT2D eigenvalue weighted by atomic mass is 35.5. The highest BCUT2D eigenvalue weighted by Gasteiger charge is 2.34. The molecule has 9 heteroatoms. The van der Waals surface area contributed by atoms with Crippen LogP contribution >= 0.6 is 24.8 Å². The van der Waals surface area contributed by atoms with Gasteiger partial charge in [-0.05, 0) is 17.7 Å². The average molecular weight is 398 g/mol. The standard InChI is InChI=1S/C17H19N5O2.2ClH/c1-10-20-15-4-3-12(5-16(15)24-10)21-17(23)14-8-18-7-13(14)11-6-19-22(2)9-11;;/h3-6,9,13-14,18H,7-8H2,1-2H3,(H,21,23);2*1H/t13-,14+;;/m1../s1. The van der Waals surface area contributed by atoms with Gasteiger partial charge in [0, 0.05) is 50.9 Å². The number of oxazole rings is 1. The topological polar surface area (TPSA) is 85.0 Å². The molecule has 140 valence electrons. The van der Waals surface area contributed by atoms with Crippen molar-refractivity contribution in [3.05, 3.63) is 42.0 Å². The van der Waals surface area contributed by atoms with Gasteiger partial charge in [0.2, 0.25) is 5.91 Å². The largest absolute Gasteiger partial charge is 0.441 e. The number of aromatic nitrogens is 3. The lowest BCUT2D eigenvalue weighted by molar-refractivity contribution is -0.119. The second kappa shape index (κ2) is 8.07. The Balaban J connectivity index is 0.00000121. The van der Waals surface area contributed by atoms with Gasteiger partial charge in [0.15, 0.2) is 11.5 Å². The third-order valence-electron chi connectivity index (χ3n) is 4.47. The predicted molar refractivity (Wildman–Crippen MR) is 104 cm³/mol. The molecule has 26 heavy (non-hydrogen) atoms. The zero-order chi connectivity index (χ0) is 16.7. The van der Waals surface area contributed by atoms with Crippen molar-refractivity contribution in [2.45, 2.75) is 12.8 Å². The van der Waals surface area contributed by atoms with Gasteiger partial charge in [-0.25, -0.2) is 4.98 Å². The summed E-state index contributed by atoms with van der Waals surface area (Å²) in [6.45, 7) is 3.25. The summed E-state index contributed by atoms with van der Waals surface area (Å²) < 4.78 is 7.29. The highest BCUT2D eigenvalue weighted by Crippen LogP contribution is 2.29. The summed E-state index contributed by atoms with van der Waals surface area (Å²) in [5.41, 5.74) is 3.28. The van der Waals surface area contributed by atoms with Crippen molar-refractivity contribution in [3.8, 4) is 0 Å². The Kier molecular flexibility index (Phi) is 6.28. The van der Waals surface area contributed by atoms with Gasteiger partial charge in [0.25, 0.3) is 0 Å². The Labute approximate surface area is 163 Å². The van der Waals surface area contributed by atoms with E-state index in [-0.39, 0.29) is 42.6 Å². The van der Waals surface area contributed by atoms with Crippen LogP contribution in [0.1, 0.15) is 17.4 Å². The van der Waals surface area contributed by atoms with Crippen LogP contribution in [0.15, 0.2) is 35.0 Å². The summed E-state index contributed by atoms with van der Waals surface area (Å²) in [5, 5.41) is 10.5. The van der Waals surface area contributed by atoms with Crippen molar-refractivity contribution in [2.24, 2.45) is 13.0 Å². The van der Waals surface area contributed by atoms with E-state index in [2.05, 4.69) is 20.7 Å². The average Bonchev–Trinajstić information content (AvgIpc) is 3.24. The molecule has 0 aliphatic carbocycles. The number of halogens is 2. The van der Waals surface area contributed by atoms with Crippen LogP contribution in [0.2, 0.25) is 0 Å². The zero-order valence-corrected chi connectivity index (χ0v) is 16.1. The molecule has 1 amide bonds. The van der Waals surface area contributed by atoms with E-state index in [4.69, 9.17) is 4.42 Å². The molecule has 4 rings (SSSR count). The van der Waals surface area contributed by atoms with Crippen molar-refractivity contribution >= 4 is 47.5 Å². The molecule has 3 aromatic rings. The van der Waals surface area contributed by atoms with E-state index in [9.17, 15) is 4.79 Å². The van der Waals surface area contributed by atoms with Gasteiger partial charge < -0.3 is 15.1 Å². The first-order valence-corrected chi connectivity index (χ1v) is 7.97. The molecule has 1 aliphatic heterocycles. The van der Waals surface area contributed by atoms with E-state index in [1.54, 1.807) is 11.6 Å². The number of fused-ring (bicyclic) bond motifs is 1. The third-order valence-corrected chi connectivity index (χ3v) is 4.47. The first-order valence-electron chi connectivity index (χ1n) is 7.97. The van der Waals surface area contributed by atoms with Crippen molar-refractivity contribution in [2.75, 3.05) is 18.4 Å². The number of rotatable bonds is 3. The van der Waals surface area contributed by atoms with E-state index in [0.29, 0.717) is 18.0 Å². The lowest BCUT2D eigenvalue weighted by Crippen LogP contribution is -2.28. The molecule has 2 N–H and O–H groups in total. The number of hydrogen-bond acceptors (Lipinski definition) is 5. The van der Waals surface area contributed by atoms with Crippen molar-refractivity contribution in [1.29, 1.82) is 0 Å². The van der Waals surface area contributed by atoms with Crippen LogP contribution < -0.4 is 10.6 Å². The molecule has 1 fully saturated rings. The van der Waals surface area contributed by atoms with Crippen LogP contribution in [0.25, 0.3) is 11.1 Å². The molecular formula is C17H21Cl2N5O2. The molecule has 7 nitrogen and oxygen atoms in total. The maximum atomic E-state index is 12.7. The minimum absolute atomic E-state index is 0. The van der Waals surface area contributed by atoms with Crippen LogP contribution in [0.3, 0.4) is 0 Å². The van der Waals surface area contributed by atoms with Gasteiger partial charge in [-0.15, -0.1) is 24.8 Å². The number of hydrogen-bond donors (Lipinski definition) is 2. The number of nitrogens with one attached hydrogen (secondary N) is 2. The minimum Gasteiger partial charge on any atom is -0.441 e. The number of amides is 1. The fourth-order valence-electron chi connectivity index (χ4n) is 3.29. The van der Waals surface area contributed by atoms with E-state index < -0.39 is 0 Å². The molecule has 3 heterocycles. The van der Waals surface area contributed by atoms with Gasteiger partial charge in [0.1, 0.15) is 5.52 Å². The van der Waals surface area contributed by atoms with E-state index >= 15 is 0 Å². The molecule has 2 aromatic heterocycles. The third kappa shape index (κ3) is 3.85. The number of carbonyl (C=O) groups is 1. The lowest BCUT2D eigenvalue weighted by atomic mass is 9.90. The first-order chi connectivity index (χ1) is 11.6. The summed E-state index contributed by atoms with van der Waals surface area (Å²) in [7, 11) is 1.88. The summed E-state index contributed by atoms with van der Waals surface area (Å²) in [5.74, 6) is 0.630. The van der Waals surface area contributed by atoms with Gasteiger partial charge in [-0.3, -0.25) is 9.48 Å². The number of aryl methyl sites for hydroxylation is 2. The van der Waals surface area contributed by atoms with E-state index in [1.807, 2.05) is 37.6 Å². The van der Waals surface area contributed by atoms with Gasteiger partial charge >= 0.3 is 0 Å². The van der Waals surface area contributed by atoms with Crippen LogP contribution in [0, 0.1) is 12.8 Å². The highest BCUT2D eigenvalue weighted by molar-refractivity contribution is 5.95. The van der Waals surface area contributed by atoms with Crippen LogP contribution in [0.5, 0.6) is 0 Å². The van der Waals surface area contributed by atoms with E-state index in [0.717, 1.165) is 23.3 Å². The summed E-state index contributed by atoms with van der Waals surface area (Å²) >= 11 is 0. The summed E-state index contributed by atoms with van der Waals surface area (Å²) in [6, 6.07) is 5.52. The molecule has 0 unspecified atom stereocenters. The zero-order valence-electron chi connectivity index (χ0n) is 14.4. The molecule has 0 radical (unpaired) electrons. The molecule has 1 aliphatic rings. The Morgan fingerprint density at radius 3 is 2.88 bits per heavy atom. The van der Waals surface area contributed by atoms with Gasteiger partial charge in [-0.1, -0.05) is 0 Å². The van der Waals surface area contributed by atoms with Crippen molar-refractivity contribution in [1.82, 2.24) is 20.1 Å². The molecule has 0 bridgehead atoms. The van der Waals surface area contributed by atoms with Crippen molar-refractivity contribution in [3.63, 3.8) is 0 Å². The Bertz CT molecular complexity index is 908. The fourth-order valence-corrected chi connectivity index (χ4v) is 3.29. The lowest BCUT2D eigenvalue weighted by Gasteiger charge is -2.17.